The van der Waals surface area contributed by atoms with Gasteiger partial charge >= 0.3 is 0 Å². The third-order valence-corrected chi connectivity index (χ3v) is 14.1. The third-order valence-electron chi connectivity index (χ3n) is 14.1. The molecule has 6 aromatic heterocycles. The number of fused-ring (bicyclic) bond motifs is 6. The van der Waals surface area contributed by atoms with E-state index in [0.717, 1.165) is 72.9 Å². The van der Waals surface area contributed by atoms with Gasteiger partial charge in [-0.3, -0.25) is 19.6 Å². The molecule has 59 heavy (non-hydrogen) atoms. The maximum Gasteiger partial charge on any atom is 0.0886 e. The van der Waals surface area contributed by atoms with Gasteiger partial charge in [0.05, 0.1) is 46.9 Å². The van der Waals surface area contributed by atoms with Gasteiger partial charge in [0, 0.05) is 142 Å². The molecular formula is C45H54N14. The van der Waals surface area contributed by atoms with E-state index in [1.165, 1.54) is 87.2 Å². The largest absolute Gasteiger partial charge is 0.367 e. The molecule has 4 aliphatic heterocycles. The molecule has 4 atom stereocenters. The van der Waals surface area contributed by atoms with Gasteiger partial charge in [-0.15, -0.1) is 0 Å². The number of anilines is 2. The van der Waals surface area contributed by atoms with Crippen molar-refractivity contribution in [3.63, 3.8) is 0 Å². The number of nitriles is 2. The lowest BCUT2D eigenvalue weighted by molar-refractivity contribution is 0.0298. The van der Waals surface area contributed by atoms with E-state index in [1.54, 1.807) is 6.07 Å². The summed E-state index contributed by atoms with van der Waals surface area (Å²) in [4.78, 5) is 10.9. The summed E-state index contributed by atoms with van der Waals surface area (Å²) in [6, 6.07) is 17.2. The van der Waals surface area contributed by atoms with Crippen LogP contribution in [-0.2, 0) is 7.05 Å². The summed E-state index contributed by atoms with van der Waals surface area (Å²) in [6.07, 6.45) is 28.5. The molecule has 2 aliphatic carbocycles. The van der Waals surface area contributed by atoms with Crippen LogP contribution in [0.4, 0.5) is 11.4 Å². The van der Waals surface area contributed by atoms with Gasteiger partial charge in [-0.25, -0.2) is 9.03 Å². The summed E-state index contributed by atoms with van der Waals surface area (Å²) in [5.41, 5.74) is 9.51. The minimum absolute atomic E-state index is 0.629. The maximum absolute atomic E-state index is 8.94. The molecule has 304 valence electrons. The van der Waals surface area contributed by atoms with Crippen molar-refractivity contribution in [2.24, 2.45) is 13.0 Å². The summed E-state index contributed by atoms with van der Waals surface area (Å²) in [7, 11) is 1.96. The van der Waals surface area contributed by atoms with Crippen molar-refractivity contribution in [1.82, 2.24) is 49.0 Å². The highest BCUT2D eigenvalue weighted by molar-refractivity contribution is 5.81. The Bertz CT molecular complexity index is 2440. The van der Waals surface area contributed by atoms with Gasteiger partial charge in [-0.1, -0.05) is 6.42 Å². The quantitative estimate of drug-likeness (QED) is 0.190. The summed E-state index contributed by atoms with van der Waals surface area (Å²) < 4.78 is 5.87. The molecule has 4 unspecified atom stereocenters. The van der Waals surface area contributed by atoms with Crippen LogP contribution in [0.5, 0.6) is 0 Å². The second-order valence-corrected chi connectivity index (χ2v) is 17.6. The van der Waals surface area contributed by atoms with Crippen molar-refractivity contribution in [2.75, 3.05) is 36.0 Å². The number of aromatic amines is 1. The molecule has 0 radical (unpaired) electrons. The number of aromatic nitrogens is 8. The Hall–Kier alpha value is -5.70. The van der Waals surface area contributed by atoms with E-state index in [1.807, 2.05) is 51.7 Å². The van der Waals surface area contributed by atoms with Crippen LogP contribution in [0.2, 0.25) is 0 Å². The van der Waals surface area contributed by atoms with Gasteiger partial charge in [-0.05, 0) is 81.5 Å². The number of nitrogens with zero attached hydrogens (tertiary/aromatic N) is 13. The maximum atomic E-state index is 8.94. The summed E-state index contributed by atoms with van der Waals surface area (Å²) in [5, 5.41) is 36.6. The topological polar surface area (TPSA) is 142 Å². The molecule has 0 aromatic carbocycles. The van der Waals surface area contributed by atoms with Crippen LogP contribution in [0.1, 0.15) is 71.1 Å². The van der Waals surface area contributed by atoms with Gasteiger partial charge < -0.3 is 9.80 Å². The fourth-order valence-corrected chi connectivity index (χ4v) is 11.2. The molecule has 0 amide bonds. The van der Waals surface area contributed by atoms with Crippen molar-refractivity contribution in [3.8, 4) is 34.4 Å². The minimum atomic E-state index is 0.629. The first-order valence-corrected chi connectivity index (χ1v) is 21.6. The lowest BCUT2D eigenvalue weighted by Crippen LogP contribution is -2.60. The Labute approximate surface area is 345 Å². The van der Waals surface area contributed by atoms with E-state index >= 15 is 0 Å². The van der Waals surface area contributed by atoms with E-state index in [0.29, 0.717) is 24.0 Å². The Balaban J connectivity index is 0.000000134. The van der Waals surface area contributed by atoms with Crippen molar-refractivity contribution < 1.29 is 0 Å². The van der Waals surface area contributed by atoms with Gasteiger partial charge in [0.1, 0.15) is 0 Å². The van der Waals surface area contributed by atoms with E-state index in [9.17, 15) is 0 Å². The minimum Gasteiger partial charge on any atom is -0.367 e. The summed E-state index contributed by atoms with van der Waals surface area (Å²) in [5.74, 6) is 0.629. The van der Waals surface area contributed by atoms with E-state index in [4.69, 9.17) is 10.5 Å². The lowest BCUT2D eigenvalue weighted by Gasteiger charge is -2.50. The second-order valence-electron chi connectivity index (χ2n) is 17.6. The Kier molecular flexibility index (Phi) is 10.1. The Morgan fingerprint density at radius 1 is 0.661 bits per heavy atom. The molecule has 14 nitrogen and oxygen atoms in total. The first kappa shape index (κ1) is 37.6. The molecule has 1 N–H and O–H groups in total. The Morgan fingerprint density at radius 3 is 1.66 bits per heavy atom. The molecule has 6 aliphatic rings. The zero-order chi connectivity index (χ0) is 40.0. The van der Waals surface area contributed by atoms with Crippen LogP contribution in [0.3, 0.4) is 0 Å². The lowest BCUT2D eigenvalue weighted by atomic mass is 9.77. The van der Waals surface area contributed by atoms with E-state index < -0.39 is 0 Å². The standard InChI is InChI=1S/C22H25N7.C21H26N6.C2H3N/c23-5-3-15-7-20(8-15)29-18-1-2-19(29)14-27(13-18)21-4-6-26-28-12-16(9-22(21)28)17-10-24-25-11-17;1-24-11-16(10-23-24)15-9-21-20(7-8-22-26(21)12-15)25-13-18-5-6-19(14-25)27(18)17-3-2-4-17;1-2-3/h4,6,9-12,15,18-20H,1-3,7-8,13-14H2,(H,24,25);7-12,17-19H,2-6,13-14H2,1H3;1H3. The van der Waals surface area contributed by atoms with E-state index in [-0.39, 0.29) is 0 Å². The summed E-state index contributed by atoms with van der Waals surface area (Å²) >= 11 is 0. The zero-order valence-electron chi connectivity index (χ0n) is 34.2. The highest BCUT2D eigenvalue weighted by Crippen LogP contribution is 2.44. The highest BCUT2D eigenvalue weighted by atomic mass is 15.4. The normalized spacial score (nSPS) is 26.4. The first-order chi connectivity index (χ1) is 29.0. The zero-order valence-corrected chi connectivity index (χ0v) is 34.2. The van der Waals surface area contributed by atoms with E-state index in [2.05, 4.69) is 94.0 Å². The molecule has 2 saturated carbocycles. The number of hydrogen-bond donors (Lipinski definition) is 1. The van der Waals surface area contributed by atoms with Crippen LogP contribution in [0, 0.1) is 28.6 Å². The molecule has 12 rings (SSSR count). The van der Waals surface area contributed by atoms with Crippen molar-refractivity contribution >= 4 is 22.4 Å². The number of nitrogens with one attached hydrogen (secondary N) is 1. The number of H-pyrrole nitrogens is 1. The van der Waals surface area contributed by atoms with Crippen LogP contribution >= 0.6 is 0 Å². The molecule has 6 aromatic rings. The fraction of sp³-hybridized carbons (Fsp3) is 0.511. The average Bonchev–Trinajstić information content (AvgIpc) is 4.07. The van der Waals surface area contributed by atoms with Crippen molar-refractivity contribution in [2.45, 2.75) is 107 Å². The number of hydrogen-bond acceptors (Lipinski definition) is 10. The smallest absolute Gasteiger partial charge is 0.0886 e. The van der Waals surface area contributed by atoms with Crippen LogP contribution in [0.25, 0.3) is 33.3 Å². The molecule has 10 heterocycles. The molecule has 4 saturated heterocycles. The van der Waals surface area contributed by atoms with Crippen molar-refractivity contribution in [1.29, 1.82) is 10.5 Å². The summed E-state index contributed by atoms with van der Waals surface area (Å²) in [6.45, 7) is 5.91. The third kappa shape index (κ3) is 7.02. The molecule has 4 bridgehead atoms. The van der Waals surface area contributed by atoms with Gasteiger partial charge in [0.25, 0.3) is 0 Å². The number of aryl methyl sites for hydroxylation is 1. The van der Waals surface area contributed by atoms with Gasteiger partial charge in [0.15, 0.2) is 0 Å². The fourth-order valence-electron chi connectivity index (χ4n) is 11.2. The van der Waals surface area contributed by atoms with Crippen LogP contribution < -0.4 is 9.80 Å². The molecular weight excluding hydrogens is 737 g/mol. The second kappa shape index (κ2) is 15.8. The molecule has 6 fully saturated rings. The van der Waals surface area contributed by atoms with Crippen molar-refractivity contribution in [3.05, 3.63) is 73.8 Å². The first-order valence-electron chi connectivity index (χ1n) is 21.6. The number of rotatable bonds is 7. The molecule has 14 heteroatoms. The monoisotopic (exact) mass is 790 g/mol. The average molecular weight is 791 g/mol. The van der Waals surface area contributed by atoms with Crippen LogP contribution in [-0.4, -0.2) is 111 Å². The Morgan fingerprint density at radius 2 is 1.20 bits per heavy atom. The SMILES string of the molecule is CC#N.Cn1cc(-c2cc3c(N4CC5CCC(C4)N5C4CCC4)ccnn3c2)cn1.N#CCC1CC(N2C3CCC2CN(c2ccnn4cc(-c5cn[nH]c5)cc24)C3)C1. The van der Waals surface area contributed by atoms with Gasteiger partial charge in [0.2, 0.25) is 0 Å². The predicted molar refractivity (Wildman–Crippen MR) is 228 cm³/mol. The molecule has 0 spiro atoms. The van der Waals surface area contributed by atoms with Crippen LogP contribution in [0.15, 0.2) is 73.8 Å². The highest BCUT2D eigenvalue weighted by Gasteiger charge is 2.47. The van der Waals surface area contributed by atoms with Gasteiger partial charge in [-0.2, -0.15) is 30.9 Å². The predicted octanol–water partition coefficient (Wildman–Crippen LogP) is 6.54. The number of piperazine rings is 2.